The van der Waals surface area contributed by atoms with Crippen molar-refractivity contribution in [2.45, 2.75) is 33.6 Å². The standard InChI is InChI=1S/C10H23NO2S/c1-4-11-7-5-8-14(12,13)9-6-10(2)3/h10-11H,4-9H2,1-3H3. The molecule has 14 heavy (non-hydrogen) atoms. The average Bonchev–Trinajstić information content (AvgIpc) is 2.10. The number of sulfone groups is 1. The van der Waals surface area contributed by atoms with E-state index >= 15 is 0 Å². The van der Waals surface area contributed by atoms with Crippen molar-refractivity contribution in [2.75, 3.05) is 24.6 Å². The van der Waals surface area contributed by atoms with Gasteiger partial charge in [-0.15, -0.1) is 0 Å². The first-order chi connectivity index (χ1) is 6.48. The van der Waals surface area contributed by atoms with E-state index in [1.165, 1.54) is 0 Å². The average molecular weight is 221 g/mol. The van der Waals surface area contributed by atoms with Crippen molar-refractivity contribution < 1.29 is 8.42 Å². The van der Waals surface area contributed by atoms with Gasteiger partial charge in [-0.2, -0.15) is 0 Å². The van der Waals surface area contributed by atoms with Crippen LogP contribution in [0.5, 0.6) is 0 Å². The van der Waals surface area contributed by atoms with Gasteiger partial charge in [0.15, 0.2) is 0 Å². The van der Waals surface area contributed by atoms with Gasteiger partial charge in [0.05, 0.1) is 11.5 Å². The SMILES string of the molecule is CCNCCCS(=O)(=O)CCC(C)C. The molecule has 0 aromatic carbocycles. The Hall–Kier alpha value is -0.0900. The lowest BCUT2D eigenvalue weighted by Gasteiger charge is -2.06. The lowest BCUT2D eigenvalue weighted by molar-refractivity contribution is 0.569. The molecule has 0 unspecified atom stereocenters. The van der Waals surface area contributed by atoms with Crippen molar-refractivity contribution in [3.05, 3.63) is 0 Å². The summed E-state index contributed by atoms with van der Waals surface area (Å²) >= 11 is 0. The van der Waals surface area contributed by atoms with Crippen LogP contribution >= 0.6 is 0 Å². The zero-order valence-electron chi connectivity index (χ0n) is 9.54. The van der Waals surface area contributed by atoms with Crippen LogP contribution in [-0.2, 0) is 9.84 Å². The molecule has 0 fully saturated rings. The maximum atomic E-state index is 11.5. The Balaban J connectivity index is 3.62. The summed E-state index contributed by atoms with van der Waals surface area (Å²) in [6.07, 6.45) is 1.51. The summed E-state index contributed by atoms with van der Waals surface area (Å²) in [4.78, 5) is 0. The van der Waals surface area contributed by atoms with Crippen molar-refractivity contribution >= 4 is 9.84 Å². The lowest BCUT2D eigenvalue weighted by Crippen LogP contribution is -2.19. The molecule has 0 saturated heterocycles. The van der Waals surface area contributed by atoms with Crippen LogP contribution in [0.2, 0.25) is 0 Å². The molecule has 0 rings (SSSR count). The van der Waals surface area contributed by atoms with Crippen LogP contribution in [0, 0.1) is 5.92 Å². The second kappa shape index (κ2) is 7.23. The van der Waals surface area contributed by atoms with Gasteiger partial charge < -0.3 is 5.32 Å². The summed E-state index contributed by atoms with van der Waals surface area (Å²) in [5, 5.41) is 3.12. The van der Waals surface area contributed by atoms with Crippen molar-refractivity contribution in [1.29, 1.82) is 0 Å². The van der Waals surface area contributed by atoms with E-state index in [4.69, 9.17) is 0 Å². The molecule has 0 aliphatic carbocycles. The van der Waals surface area contributed by atoms with E-state index in [1.54, 1.807) is 0 Å². The minimum Gasteiger partial charge on any atom is -0.317 e. The fourth-order valence-corrected chi connectivity index (χ4v) is 2.73. The fraction of sp³-hybridized carbons (Fsp3) is 1.00. The molecule has 0 bridgehead atoms. The number of hydrogen-bond acceptors (Lipinski definition) is 3. The molecular weight excluding hydrogens is 198 g/mol. The molecule has 0 aromatic rings. The lowest BCUT2D eigenvalue weighted by atomic mass is 10.2. The summed E-state index contributed by atoms with van der Waals surface area (Å²) in [6.45, 7) is 7.83. The number of rotatable bonds is 8. The summed E-state index contributed by atoms with van der Waals surface area (Å²) < 4.78 is 22.9. The van der Waals surface area contributed by atoms with Crippen LogP contribution in [0.15, 0.2) is 0 Å². The first-order valence-electron chi connectivity index (χ1n) is 5.39. The van der Waals surface area contributed by atoms with Gasteiger partial charge in [0.25, 0.3) is 0 Å². The molecule has 0 spiro atoms. The maximum absolute atomic E-state index is 11.5. The Morgan fingerprint density at radius 3 is 2.36 bits per heavy atom. The summed E-state index contributed by atoms with van der Waals surface area (Å²) in [7, 11) is -2.80. The third-order valence-electron chi connectivity index (χ3n) is 2.07. The third-order valence-corrected chi connectivity index (χ3v) is 3.83. The van der Waals surface area contributed by atoms with Crippen molar-refractivity contribution in [3.63, 3.8) is 0 Å². The second-order valence-corrected chi connectivity index (χ2v) is 6.35. The summed E-state index contributed by atoms with van der Waals surface area (Å²) in [6, 6.07) is 0. The molecule has 0 saturated carbocycles. The van der Waals surface area contributed by atoms with Gasteiger partial charge >= 0.3 is 0 Å². The van der Waals surface area contributed by atoms with Gasteiger partial charge in [0, 0.05) is 0 Å². The highest BCUT2D eigenvalue weighted by Crippen LogP contribution is 2.04. The predicted molar refractivity (Wildman–Crippen MR) is 61.3 cm³/mol. The van der Waals surface area contributed by atoms with Crippen molar-refractivity contribution in [3.8, 4) is 0 Å². The smallest absolute Gasteiger partial charge is 0.150 e. The van der Waals surface area contributed by atoms with Crippen LogP contribution in [0.3, 0.4) is 0 Å². The molecule has 0 heterocycles. The van der Waals surface area contributed by atoms with E-state index in [0.29, 0.717) is 17.4 Å². The molecule has 0 radical (unpaired) electrons. The van der Waals surface area contributed by atoms with E-state index < -0.39 is 9.84 Å². The van der Waals surface area contributed by atoms with Gasteiger partial charge in [-0.25, -0.2) is 8.42 Å². The molecule has 3 nitrogen and oxygen atoms in total. The minimum atomic E-state index is -2.80. The summed E-state index contributed by atoms with van der Waals surface area (Å²) in [5.74, 6) is 1.14. The highest BCUT2D eigenvalue weighted by Gasteiger charge is 2.10. The molecule has 0 amide bonds. The minimum absolute atomic E-state index is 0.326. The highest BCUT2D eigenvalue weighted by atomic mass is 32.2. The largest absolute Gasteiger partial charge is 0.317 e. The molecular formula is C10H23NO2S. The molecule has 0 aliphatic rings. The number of hydrogen-bond donors (Lipinski definition) is 1. The molecule has 0 aromatic heterocycles. The van der Waals surface area contributed by atoms with Crippen LogP contribution in [0.4, 0.5) is 0 Å². The van der Waals surface area contributed by atoms with Gasteiger partial charge in [0.2, 0.25) is 0 Å². The van der Waals surface area contributed by atoms with E-state index in [0.717, 1.165) is 25.9 Å². The third kappa shape index (κ3) is 8.51. The van der Waals surface area contributed by atoms with Crippen molar-refractivity contribution in [1.82, 2.24) is 5.32 Å². The van der Waals surface area contributed by atoms with E-state index in [9.17, 15) is 8.42 Å². The predicted octanol–water partition coefficient (Wildman–Crippen LogP) is 1.45. The maximum Gasteiger partial charge on any atom is 0.150 e. The van der Waals surface area contributed by atoms with Gasteiger partial charge in [-0.1, -0.05) is 20.8 Å². The highest BCUT2D eigenvalue weighted by molar-refractivity contribution is 7.91. The van der Waals surface area contributed by atoms with Gasteiger partial charge in [-0.05, 0) is 31.8 Å². The van der Waals surface area contributed by atoms with E-state index in [1.807, 2.05) is 20.8 Å². The van der Waals surface area contributed by atoms with Gasteiger partial charge in [-0.3, -0.25) is 0 Å². The first-order valence-corrected chi connectivity index (χ1v) is 7.21. The van der Waals surface area contributed by atoms with Crippen LogP contribution in [0.25, 0.3) is 0 Å². The quantitative estimate of drug-likeness (QED) is 0.631. The summed E-state index contributed by atoms with van der Waals surface area (Å²) in [5.41, 5.74) is 0. The zero-order valence-corrected chi connectivity index (χ0v) is 10.4. The fourth-order valence-electron chi connectivity index (χ4n) is 1.11. The molecule has 86 valence electrons. The van der Waals surface area contributed by atoms with E-state index in [-0.39, 0.29) is 0 Å². The Bertz CT molecular complexity index is 222. The van der Waals surface area contributed by atoms with Crippen LogP contribution < -0.4 is 5.32 Å². The van der Waals surface area contributed by atoms with E-state index in [2.05, 4.69) is 5.32 Å². The normalized spacial score (nSPS) is 12.3. The molecule has 1 N–H and O–H groups in total. The monoisotopic (exact) mass is 221 g/mol. The Morgan fingerprint density at radius 2 is 1.86 bits per heavy atom. The topological polar surface area (TPSA) is 46.2 Å². The van der Waals surface area contributed by atoms with Crippen molar-refractivity contribution in [2.24, 2.45) is 5.92 Å². The molecule has 0 aliphatic heterocycles. The first kappa shape index (κ1) is 13.9. The number of nitrogens with one attached hydrogen (secondary N) is 1. The molecule has 4 heteroatoms. The Morgan fingerprint density at radius 1 is 1.21 bits per heavy atom. The Kier molecular flexibility index (Phi) is 7.19. The van der Waals surface area contributed by atoms with Crippen LogP contribution in [0.1, 0.15) is 33.6 Å². The zero-order chi connectivity index (χ0) is 11.0. The van der Waals surface area contributed by atoms with Gasteiger partial charge in [0.1, 0.15) is 9.84 Å². The second-order valence-electron chi connectivity index (χ2n) is 4.04. The Labute approximate surface area is 88.2 Å². The van der Waals surface area contributed by atoms with Crippen LogP contribution in [-0.4, -0.2) is 33.0 Å². The molecule has 0 atom stereocenters.